The van der Waals surface area contributed by atoms with Crippen molar-refractivity contribution in [3.05, 3.63) is 23.3 Å². The molecular weight excluding hydrogens is 481 g/mol. The SMILES string of the molecule is CCOc1cc2c(cc1CNC(=NC)NCC1CN(C)CCN1C)OC(C)C2.I. The number of ether oxygens (including phenoxy) is 2. The molecule has 3 rings (SSSR count). The van der Waals surface area contributed by atoms with Crippen LogP contribution in [0.25, 0.3) is 0 Å². The molecule has 29 heavy (non-hydrogen) atoms. The molecule has 0 aliphatic carbocycles. The summed E-state index contributed by atoms with van der Waals surface area (Å²) in [6.45, 7) is 9.56. The van der Waals surface area contributed by atoms with E-state index in [1.807, 2.05) is 14.0 Å². The van der Waals surface area contributed by atoms with E-state index >= 15 is 0 Å². The van der Waals surface area contributed by atoms with Crippen molar-refractivity contribution in [3.63, 3.8) is 0 Å². The Kier molecular flexibility index (Phi) is 9.29. The van der Waals surface area contributed by atoms with Crippen molar-refractivity contribution < 1.29 is 9.47 Å². The van der Waals surface area contributed by atoms with Crippen LogP contribution in [-0.4, -0.2) is 81.8 Å². The lowest BCUT2D eigenvalue weighted by atomic mass is 10.1. The van der Waals surface area contributed by atoms with E-state index in [2.05, 4.69) is 58.6 Å². The molecule has 1 aromatic rings. The van der Waals surface area contributed by atoms with Crippen molar-refractivity contribution in [1.29, 1.82) is 0 Å². The highest BCUT2D eigenvalue weighted by atomic mass is 127. The molecule has 7 nitrogen and oxygen atoms in total. The molecule has 0 radical (unpaired) electrons. The predicted octanol–water partition coefficient (Wildman–Crippen LogP) is 1.94. The summed E-state index contributed by atoms with van der Waals surface area (Å²) in [4.78, 5) is 9.17. The third kappa shape index (κ3) is 6.36. The Balaban J connectivity index is 0.00000300. The fourth-order valence-electron chi connectivity index (χ4n) is 3.85. The van der Waals surface area contributed by atoms with Crippen LogP contribution < -0.4 is 20.1 Å². The minimum Gasteiger partial charge on any atom is -0.494 e. The first kappa shape index (κ1) is 24.0. The van der Waals surface area contributed by atoms with E-state index in [-0.39, 0.29) is 30.1 Å². The van der Waals surface area contributed by atoms with Crippen LogP contribution in [0.3, 0.4) is 0 Å². The van der Waals surface area contributed by atoms with Crippen LogP contribution in [0.4, 0.5) is 0 Å². The monoisotopic (exact) mass is 517 g/mol. The smallest absolute Gasteiger partial charge is 0.191 e. The lowest BCUT2D eigenvalue weighted by molar-refractivity contribution is 0.116. The quantitative estimate of drug-likeness (QED) is 0.342. The molecule has 2 atom stereocenters. The van der Waals surface area contributed by atoms with E-state index in [0.29, 0.717) is 19.2 Å². The second-order valence-electron chi connectivity index (χ2n) is 7.84. The molecule has 2 aliphatic heterocycles. The molecule has 8 heteroatoms. The lowest BCUT2D eigenvalue weighted by Gasteiger charge is -2.37. The topological polar surface area (TPSA) is 61.4 Å². The highest BCUT2D eigenvalue weighted by molar-refractivity contribution is 14.0. The third-order valence-electron chi connectivity index (χ3n) is 5.53. The summed E-state index contributed by atoms with van der Waals surface area (Å²) in [7, 11) is 6.18. The van der Waals surface area contributed by atoms with E-state index in [9.17, 15) is 0 Å². The van der Waals surface area contributed by atoms with Crippen molar-refractivity contribution >= 4 is 29.9 Å². The van der Waals surface area contributed by atoms with Crippen molar-refractivity contribution in [2.24, 2.45) is 4.99 Å². The fraction of sp³-hybridized carbons (Fsp3) is 0.667. The van der Waals surface area contributed by atoms with Crippen molar-refractivity contribution in [1.82, 2.24) is 20.4 Å². The molecule has 0 saturated carbocycles. The van der Waals surface area contributed by atoms with Gasteiger partial charge in [-0.05, 0) is 40.1 Å². The second kappa shape index (κ2) is 11.2. The van der Waals surface area contributed by atoms with Crippen LogP contribution in [0.15, 0.2) is 17.1 Å². The van der Waals surface area contributed by atoms with Crippen LogP contribution in [-0.2, 0) is 13.0 Å². The normalized spacial score (nSPS) is 22.4. The lowest BCUT2D eigenvalue weighted by Crippen LogP contribution is -2.55. The van der Waals surface area contributed by atoms with Crippen LogP contribution in [0.5, 0.6) is 11.5 Å². The molecule has 2 N–H and O–H groups in total. The third-order valence-corrected chi connectivity index (χ3v) is 5.53. The maximum atomic E-state index is 5.92. The Hall–Kier alpha value is -1.26. The van der Waals surface area contributed by atoms with Gasteiger partial charge in [-0.25, -0.2) is 0 Å². The number of nitrogens with one attached hydrogen (secondary N) is 2. The van der Waals surface area contributed by atoms with Gasteiger partial charge in [-0.2, -0.15) is 0 Å². The van der Waals surface area contributed by atoms with Gasteiger partial charge in [-0.3, -0.25) is 9.89 Å². The largest absolute Gasteiger partial charge is 0.494 e. The first-order chi connectivity index (χ1) is 13.5. The molecule has 1 saturated heterocycles. The maximum Gasteiger partial charge on any atom is 0.191 e. The first-order valence-electron chi connectivity index (χ1n) is 10.3. The summed E-state index contributed by atoms with van der Waals surface area (Å²) in [5.74, 6) is 2.71. The zero-order valence-corrected chi connectivity index (χ0v) is 20.7. The minimum absolute atomic E-state index is 0. The van der Waals surface area contributed by atoms with Crippen LogP contribution >= 0.6 is 24.0 Å². The second-order valence-corrected chi connectivity index (χ2v) is 7.84. The molecule has 1 fully saturated rings. The molecule has 0 bridgehead atoms. The Morgan fingerprint density at radius 1 is 1.28 bits per heavy atom. The number of nitrogens with zero attached hydrogens (tertiary/aromatic N) is 3. The zero-order chi connectivity index (χ0) is 20.1. The summed E-state index contributed by atoms with van der Waals surface area (Å²) >= 11 is 0. The Morgan fingerprint density at radius 2 is 2.07 bits per heavy atom. The van der Waals surface area contributed by atoms with Crippen LogP contribution in [0, 0.1) is 0 Å². The summed E-state index contributed by atoms with van der Waals surface area (Å²) in [6, 6.07) is 4.71. The Labute approximate surface area is 192 Å². The van der Waals surface area contributed by atoms with Gasteiger partial charge in [-0.1, -0.05) is 0 Å². The Morgan fingerprint density at radius 3 is 2.79 bits per heavy atom. The number of fused-ring (bicyclic) bond motifs is 1. The molecule has 2 heterocycles. The van der Waals surface area contributed by atoms with E-state index in [0.717, 1.165) is 55.6 Å². The maximum absolute atomic E-state index is 5.92. The Bertz CT molecular complexity index is 700. The summed E-state index contributed by atoms with van der Waals surface area (Å²) < 4.78 is 11.8. The van der Waals surface area contributed by atoms with Gasteiger partial charge in [0.05, 0.1) is 6.61 Å². The predicted molar refractivity (Wildman–Crippen MR) is 129 cm³/mol. The average Bonchev–Trinajstić information content (AvgIpc) is 3.03. The summed E-state index contributed by atoms with van der Waals surface area (Å²) in [6.07, 6.45) is 1.17. The first-order valence-corrected chi connectivity index (χ1v) is 10.3. The number of hydrogen-bond donors (Lipinski definition) is 2. The molecule has 0 amide bonds. The fourth-order valence-corrected chi connectivity index (χ4v) is 3.85. The number of benzene rings is 1. The molecule has 2 unspecified atom stereocenters. The molecule has 0 aromatic heterocycles. The highest BCUT2D eigenvalue weighted by Gasteiger charge is 2.23. The van der Waals surface area contributed by atoms with Crippen molar-refractivity contribution in [2.45, 2.75) is 39.0 Å². The number of hydrogen-bond acceptors (Lipinski definition) is 5. The van der Waals surface area contributed by atoms with Gasteiger partial charge in [0, 0.05) is 63.4 Å². The van der Waals surface area contributed by atoms with E-state index in [1.165, 1.54) is 5.56 Å². The van der Waals surface area contributed by atoms with Crippen LogP contribution in [0.2, 0.25) is 0 Å². The molecule has 164 valence electrons. The summed E-state index contributed by atoms with van der Waals surface area (Å²) in [5.41, 5.74) is 2.32. The highest BCUT2D eigenvalue weighted by Crippen LogP contribution is 2.35. The van der Waals surface area contributed by atoms with E-state index in [1.54, 1.807) is 0 Å². The van der Waals surface area contributed by atoms with Crippen molar-refractivity contribution in [3.8, 4) is 11.5 Å². The van der Waals surface area contributed by atoms with E-state index in [4.69, 9.17) is 9.47 Å². The molecule has 1 aromatic carbocycles. The van der Waals surface area contributed by atoms with Crippen molar-refractivity contribution in [2.75, 3.05) is 53.9 Å². The molecule has 0 spiro atoms. The van der Waals surface area contributed by atoms with Gasteiger partial charge in [0.25, 0.3) is 0 Å². The van der Waals surface area contributed by atoms with Gasteiger partial charge < -0.3 is 25.0 Å². The van der Waals surface area contributed by atoms with Gasteiger partial charge in [-0.15, -0.1) is 24.0 Å². The average molecular weight is 517 g/mol. The molecule has 2 aliphatic rings. The number of guanidine groups is 1. The standard InChI is InChI=1S/C21H35N5O2.HI/c1-6-27-19-10-16-9-15(2)28-20(16)11-17(19)12-23-21(22-3)24-13-18-14-25(4)7-8-26(18)5;/h10-11,15,18H,6-9,12-14H2,1-5H3,(H2,22,23,24);1H. The van der Waals surface area contributed by atoms with Gasteiger partial charge in [0.2, 0.25) is 0 Å². The number of piperazine rings is 1. The van der Waals surface area contributed by atoms with Gasteiger partial charge >= 0.3 is 0 Å². The number of likely N-dealkylation sites (N-methyl/N-ethyl adjacent to an activating group) is 2. The van der Waals surface area contributed by atoms with Crippen LogP contribution in [0.1, 0.15) is 25.0 Å². The summed E-state index contributed by atoms with van der Waals surface area (Å²) in [5, 5.41) is 6.89. The minimum atomic E-state index is 0. The number of halogens is 1. The molecular formula is C21H36IN5O2. The zero-order valence-electron chi connectivity index (χ0n) is 18.3. The number of rotatable bonds is 6. The van der Waals surface area contributed by atoms with Gasteiger partial charge in [0.1, 0.15) is 17.6 Å². The number of aliphatic imine (C=N–C) groups is 1. The van der Waals surface area contributed by atoms with Gasteiger partial charge in [0.15, 0.2) is 5.96 Å². The van der Waals surface area contributed by atoms with E-state index < -0.39 is 0 Å².